The number of ether oxygens (including phenoxy) is 2. The van der Waals surface area contributed by atoms with Gasteiger partial charge in [-0.1, -0.05) is 90.2 Å². The molecular weight excluding hydrogens is 356 g/mol. The highest BCUT2D eigenvalue weighted by atomic mass is 16.5. The van der Waals surface area contributed by atoms with Gasteiger partial charge in [0.1, 0.15) is 11.5 Å². The van der Waals surface area contributed by atoms with Gasteiger partial charge in [-0.25, -0.2) is 0 Å². The van der Waals surface area contributed by atoms with Crippen LogP contribution in [0.15, 0.2) is 30.3 Å². The standard InChI is InChI=1S/C27H42O2/c1-4-6-8-10-12-14-19-28-26-18-16-17-24-25(26)21-23(3)22-27(24)29-20-15-13-11-9-7-5-2/h16-18,21-22H,4-15,19-20H2,1-3H3. The van der Waals surface area contributed by atoms with E-state index in [0.717, 1.165) is 37.6 Å². The van der Waals surface area contributed by atoms with Gasteiger partial charge in [0, 0.05) is 10.8 Å². The molecule has 0 fully saturated rings. The highest BCUT2D eigenvalue weighted by Crippen LogP contribution is 2.34. The second-order valence-corrected chi connectivity index (χ2v) is 8.35. The first-order valence-electron chi connectivity index (χ1n) is 12.0. The van der Waals surface area contributed by atoms with Crippen molar-refractivity contribution in [1.82, 2.24) is 0 Å². The summed E-state index contributed by atoms with van der Waals surface area (Å²) < 4.78 is 12.3. The molecule has 0 N–H and O–H groups in total. The van der Waals surface area contributed by atoms with Crippen molar-refractivity contribution in [3.05, 3.63) is 35.9 Å². The summed E-state index contributed by atoms with van der Waals surface area (Å²) in [4.78, 5) is 0. The molecule has 0 bridgehead atoms. The van der Waals surface area contributed by atoms with Crippen LogP contribution in [-0.2, 0) is 0 Å². The lowest BCUT2D eigenvalue weighted by Gasteiger charge is -2.14. The third-order valence-electron chi connectivity index (χ3n) is 5.57. The van der Waals surface area contributed by atoms with E-state index < -0.39 is 0 Å². The molecule has 0 aliphatic carbocycles. The first kappa shape index (κ1) is 23.6. The summed E-state index contributed by atoms with van der Waals surface area (Å²) in [5.74, 6) is 1.99. The van der Waals surface area contributed by atoms with Crippen LogP contribution in [0.5, 0.6) is 11.5 Å². The molecule has 0 radical (unpaired) electrons. The molecule has 0 saturated heterocycles. The second-order valence-electron chi connectivity index (χ2n) is 8.35. The zero-order valence-corrected chi connectivity index (χ0v) is 19.1. The van der Waals surface area contributed by atoms with E-state index in [9.17, 15) is 0 Å². The molecule has 0 aliphatic heterocycles. The summed E-state index contributed by atoms with van der Waals surface area (Å²) >= 11 is 0. The number of fused-ring (bicyclic) bond motifs is 1. The van der Waals surface area contributed by atoms with Crippen LogP contribution in [0.2, 0.25) is 0 Å². The van der Waals surface area contributed by atoms with Crippen LogP contribution in [0.25, 0.3) is 10.8 Å². The SMILES string of the molecule is CCCCCCCCOc1cc(C)cc2c(OCCCCCCCC)cccc12. The van der Waals surface area contributed by atoms with Crippen molar-refractivity contribution in [3.8, 4) is 11.5 Å². The van der Waals surface area contributed by atoms with Crippen molar-refractivity contribution in [2.45, 2.75) is 97.8 Å². The van der Waals surface area contributed by atoms with Crippen molar-refractivity contribution in [3.63, 3.8) is 0 Å². The Bertz CT molecular complexity index is 692. The minimum Gasteiger partial charge on any atom is -0.493 e. The van der Waals surface area contributed by atoms with E-state index in [1.54, 1.807) is 0 Å². The van der Waals surface area contributed by atoms with Crippen molar-refractivity contribution in [2.75, 3.05) is 13.2 Å². The first-order chi connectivity index (χ1) is 14.3. The average Bonchev–Trinajstić information content (AvgIpc) is 2.72. The Hall–Kier alpha value is -1.70. The molecule has 162 valence electrons. The molecule has 0 amide bonds. The van der Waals surface area contributed by atoms with E-state index in [0.29, 0.717) is 0 Å². The third-order valence-corrected chi connectivity index (χ3v) is 5.57. The lowest BCUT2D eigenvalue weighted by Crippen LogP contribution is -2.00. The fraction of sp³-hybridized carbons (Fsp3) is 0.630. The lowest BCUT2D eigenvalue weighted by atomic mass is 10.1. The Balaban J connectivity index is 1.88. The van der Waals surface area contributed by atoms with Gasteiger partial charge in [0.15, 0.2) is 0 Å². The largest absolute Gasteiger partial charge is 0.493 e. The smallest absolute Gasteiger partial charge is 0.127 e. The van der Waals surface area contributed by atoms with Crippen LogP contribution in [-0.4, -0.2) is 13.2 Å². The average molecular weight is 399 g/mol. The van der Waals surface area contributed by atoms with E-state index in [1.165, 1.54) is 80.5 Å². The second kappa shape index (κ2) is 14.3. The molecule has 0 spiro atoms. The van der Waals surface area contributed by atoms with Gasteiger partial charge in [-0.3, -0.25) is 0 Å². The van der Waals surface area contributed by atoms with Crippen LogP contribution in [0.4, 0.5) is 0 Å². The van der Waals surface area contributed by atoms with Gasteiger partial charge in [-0.15, -0.1) is 0 Å². The molecule has 0 saturated carbocycles. The summed E-state index contributed by atoms with van der Waals surface area (Å²) in [5, 5.41) is 2.35. The fourth-order valence-electron chi connectivity index (χ4n) is 3.84. The van der Waals surface area contributed by atoms with Crippen LogP contribution < -0.4 is 9.47 Å². The Kier molecular flexibility index (Phi) is 11.6. The predicted molar refractivity (Wildman–Crippen MR) is 126 cm³/mol. The normalized spacial score (nSPS) is 11.1. The van der Waals surface area contributed by atoms with Crippen molar-refractivity contribution in [2.24, 2.45) is 0 Å². The highest BCUT2D eigenvalue weighted by Gasteiger charge is 2.09. The Morgan fingerprint density at radius 3 is 1.76 bits per heavy atom. The molecule has 2 rings (SSSR count). The lowest BCUT2D eigenvalue weighted by molar-refractivity contribution is 0.304. The van der Waals surface area contributed by atoms with Gasteiger partial charge in [0.2, 0.25) is 0 Å². The number of benzene rings is 2. The molecule has 0 aliphatic rings. The van der Waals surface area contributed by atoms with Crippen molar-refractivity contribution >= 4 is 10.8 Å². The quantitative estimate of drug-likeness (QED) is 0.263. The van der Waals surface area contributed by atoms with Crippen molar-refractivity contribution < 1.29 is 9.47 Å². The molecule has 0 heterocycles. The molecule has 2 heteroatoms. The predicted octanol–water partition coefficient (Wildman–Crippen LogP) is 8.63. The zero-order chi connectivity index (χ0) is 20.7. The van der Waals surface area contributed by atoms with E-state index in [-0.39, 0.29) is 0 Å². The number of hydrogen-bond donors (Lipinski definition) is 0. The van der Waals surface area contributed by atoms with Crippen LogP contribution in [0.3, 0.4) is 0 Å². The maximum atomic E-state index is 6.19. The Labute approximate surface area is 179 Å². The van der Waals surface area contributed by atoms with Gasteiger partial charge < -0.3 is 9.47 Å². The van der Waals surface area contributed by atoms with Crippen molar-refractivity contribution in [1.29, 1.82) is 0 Å². The van der Waals surface area contributed by atoms with Crippen LogP contribution in [0, 0.1) is 6.92 Å². The van der Waals surface area contributed by atoms with Crippen LogP contribution in [0.1, 0.15) is 96.5 Å². The molecule has 2 nitrogen and oxygen atoms in total. The van der Waals surface area contributed by atoms with Gasteiger partial charge in [0.05, 0.1) is 13.2 Å². The summed E-state index contributed by atoms with van der Waals surface area (Å²) in [6.45, 7) is 8.26. The molecule has 29 heavy (non-hydrogen) atoms. The number of rotatable bonds is 16. The minimum atomic E-state index is 0.799. The topological polar surface area (TPSA) is 18.5 Å². The van der Waals surface area contributed by atoms with Gasteiger partial charge >= 0.3 is 0 Å². The number of hydrogen-bond acceptors (Lipinski definition) is 2. The molecule has 0 unspecified atom stereocenters. The van der Waals surface area contributed by atoms with E-state index in [4.69, 9.17) is 9.47 Å². The van der Waals surface area contributed by atoms with E-state index >= 15 is 0 Å². The summed E-state index contributed by atoms with van der Waals surface area (Å²) in [6.07, 6.45) is 15.4. The van der Waals surface area contributed by atoms with E-state index in [1.807, 2.05) is 0 Å². The van der Waals surface area contributed by atoms with Gasteiger partial charge in [-0.2, -0.15) is 0 Å². The van der Waals surface area contributed by atoms with E-state index in [2.05, 4.69) is 51.1 Å². The molecule has 2 aromatic carbocycles. The maximum Gasteiger partial charge on any atom is 0.127 e. The summed E-state index contributed by atoms with van der Waals surface area (Å²) in [6, 6.07) is 10.7. The first-order valence-corrected chi connectivity index (χ1v) is 12.0. The summed E-state index contributed by atoms with van der Waals surface area (Å²) in [7, 11) is 0. The highest BCUT2D eigenvalue weighted by molar-refractivity contribution is 5.93. The Morgan fingerprint density at radius 2 is 1.14 bits per heavy atom. The molecular formula is C27H42O2. The minimum absolute atomic E-state index is 0.799. The summed E-state index contributed by atoms with van der Waals surface area (Å²) in [5.41, 5.74) is 1.23. The molecule has 0 aromatic heterocycles. The number of aryl methyl sites for hydroxylation is 1. The number of unbranched alkanes of at least 4 members (excludes halogenated alkanes) is 10. The fourth-order valence-corrected chi connectivity index (χ4v) is 3.84. The molecule has 0 atom stereocenters. The Morgan fingerprint density at radius 1 is 0.586 bits per heavy atom. The maximum absolute atomic E-state index is 6.19. The van der Waals surface area contributed by atoms with Gasteiger partial charge in [0.25, 0.3) is 0 Å². The van der Waals surface area contributed by atoms with Gasteiger partial charge in [-0.05, 0) is 43.5 Å². The monoisotopic (exact) mass is 398 g/mol. The third kappa shape index (κ3) is 8.68. The van der Waals surface area contributed by atoms with Crippen LogP contribution >= 0.6 is 0 Å². The zero-order valence-electron chi connectivity index (χ0n) is 19.1. The molecule has 2 aromatic rings.